The van der Waals surface area contributed by atoms with Crippen LogP contribution < -0.4 is 15.2 Å². The number of thiocarbonyl (C=S) groups is 1. The topological polar surface area (TPSA) is 81.4 Å². The van der Waals surface area contributed by atoms with Crippen molar-refractivity contribution in [2.45, 2.75) is 13.3 Å². The maximum absolute atomic E-state index is 11.7. The third-order valence-corrected chi connectivity index (χ3v) is 3.59. The van der Waals surface area contributed by atoms with E-state index in [1.807, 2.05) is 0 Å². The Hall–Kier alpha value is -1.34. The second-order valence-corrected chi connectivity index (χ2v) is 6.04. The number of hydrogen-bond acceptors (Lipinski definition) is 4. The van der Waals surface area contributed by atoms with E-state index >= 15 is 0 Å². The van der Waals surface area contributed by atoms with Gasteiger partial charge >= 0.3 is 0 Å². The largest absolute Gasteiger partial charge is 0.484 e. The number of benzene rings is 1. The molecule has 0 bridgehead atoms. The second-order valence-electron chi connectivity index (χ2n) is 3.67. The van der Waals surface area contributed by atoms with Gasteiger partial charge in [-0.1, -0.05) is 31.3 Å². The molecule has 0 unspecified atom stereocenters. The number of ether oxygens (including phenoxy) is 1. The zero-order valence-corrected chi connectivity index (χ0v) is 11.7. The molecular weight excluding hydrogens is 272 g/mol. The molecule has 0 amide bonds. The van der Waals surface area contributed by atoms with E-state index in [-0.39, 0.29) is 17.3 Å². The molecule has 3 N–H and O–H groups in total. The van der Waals surface area contributed by atoms with E-state index in [1.165, 1.54) is 0 Å². The molecule has 0 radical (unpaired) electrons. The normalized spacial score (nSPS) is 10.9. The minimum Gasteiger partial charge on any atom is -0.484 e. The first-order chi connectivity index (χ1) is 8.44. The summed E-state index contributed by atoms with van der Waals surface area (Å²) < 4.78 is 31.2. The Balaban J connectivity index is 2.85. The van der Waals surface area contributed by atoms with Crippen LogP contribution in [0.15, 0.2) is 24.3 Å². The molecule has 0 heterocycles. The smallest absolute Gasteiger partial charge is 0.232 e. The zero-order valence-electron chi connectivity index (χ0n) is 10.0. The van der Waals surface area contributed by atoms with Crippen LogP contribution in [0.1, 0.15) is 13.3 Å². The summed E-state index contributed by atoms with van der Waals surface area (Å²) in [5.41, 5.74) is 5.72. The fourth-order valence-corrected chi connectivity index (χ4v) is 2.52. The van der Waals surface area contributed by atoms with Crippen molar-refractivity contribution < 1.29 is 13.2 Å². The van der Waals surface area contributed by atoms with Crippen LogP contribution in [0.4, 0.5) is 5.69 Å². The summed E-state index contributed by atoms with van der Waals surface area (Å²) >= 11 is 4.70. The van der Waals surface area contributed by atoms with Crippen LogP contribution in [-0.4, -0.2) is 25.8 Å². The van der Waals surface area contributed by atoms with Crippen molar-refractivity contribution in [2.24, 2.45) is 5.73 Å². The van der Waals surface area contributed by atoms with E-state index < -0.39 is 10.0 Å². The molecule has 100 valence electrons. The van der Waals surface area contributed by atoms with Gasteiger partial charge in [0, 0.05) is 0 Å². The molecule has 0 aliphatic carbocycles. The van der Waals surface area contributed by atoms with Crippen molar-refractivity contribution in [3.8, 4) is 5.75 Å². The average Bonchev–Trinajstić information content (AvgIpc) is 2.27. The lowest BCUT2D eigenvalue weighted by atomic mass is 10.3. The number of hydrogen-bond donors (Lipinski definition) is 2. The highest BCUT2D eigenvalue weighted by Gasteiger charge is 2.12. The highest BCUT2D eigenvalue weighted by molar-refractivity contribution is 7.92. The van der Waals surface area contributed by atoms with Crippen LogP contribution in [0, 0.1) is 0 Å². The summed E-state index contributed by atoms with van der Waals surface area (Å²) in [6.45, 7) is 1.87. The van der Waals surface area contributed by atoms with Gasteiger partial charge in [0.05, 0.1) is 11.4 Å². The molecule has 0 aromatic heterocycles. The summed E-state index contributed by atoms with van der Waals surface area (Å²) in [6.07, 6.45) is 0.547. The van der Waals surface area contributed by atoms with Gasteiger partial charge in [-0.2, -0.15) is 0 Å². The van der Waals surface area contributed by atoms with Gasteiger partial charge in [0.15, 0.2) is 0 Å². The predicted octanol–water partition coefficient (Wildman–Crippen LogP) is 1.50. The lowest BCUT2D eigenvalue weighted by Crippen LogP contribution is -2.20. The number of nitrogens with two attached hydrogens (primary N) is 1. The van der Waals surface area contributed by atoms with Crippen LogP contribution in [0.5, 0.6) is 5.75 Å². The minimum atomic E-state index is -3.34. The molecule has 1 aromatic carbocycles. The molecular formula is C11H16N2O3S2. The van der Waals surface area contributed by atoms with Crippen molar-refractivity contribution in [3.63, 3.8) is 0 Å². The van der Waals surface area contributed by atoms with E-state index in [0.717, 1.165) is 0 Å². The van der Waals surface area contributed by atoms with Crippen LogP contribution >= 0.6 is 12.2 Å². The number of anilines is 1. The van der Waals surface area contributed by atoms with Gasteiger partial charge in [0.25, 0.3) is 0 Å². The summed E-state index contributed by atoms with van der Waals surface area (Å²) in [7, 11) is -3.34. The Morgan fingerprint density at radius 1 is 1.44 bits per heavy atom. The summed E-state index contributed by atoms with van der Waals surface area (Å²) in [5, 5.41) is 0. The van der Waals surface area contributed by atoms with Gasteiger partial charge < -0.3 is 10.5 Å². The Morgan fingerprint density at radius 3 is 2.72 bits per heavy atom. The van der Waals surface area contributed by atoms with Crippen molar-refractivity contribution >= 4 is 32.9 Å². The number of rotatable bonds is 7. The summed E-state index contributed by atoms with van der Waals surface area (Å²) in [4.78, 5) is 0.209. The maximum Gasteiger partial charge on any atom is 0.232 e. The molecule has 0 spiro atoms. The van der Waals surface area contributed by atoms with E-state index in [9.17, 15) is 8.42 Å². The maximum atomic E-state index is 11.7. The van der Waals surface area contributed by atoms with Gasteiger partial charge in [-0.3, -0.25) is 4.72 Å². The third-order valence-electron chi connectivity index (χ3n) is 2.00. The number of sulfonamides is 1. The molecule has 0 aliphatic rings. The molecule has 0 atom stereocenters. The van der Waals surface area contributed by atoms with Gasteiger partial charge in [-0.15, -0.1) is 0 Å². The molecule has 18 heavy (non-hydrogen) atoms. The lowest BCUT2D eigenvalue weighted by Gasteiger charge is -2.12. The molecule has 0 saturated heterocycles. The molecule has 0 saturated carbocycles. The molecule has 1 rings (SSSR count). The highest BCUT2D eigenvalue weighted by atomic mass is 32.2. The van der Waals surface area contributed by atoms with Crippen molar-refractivity contribution in [1.82, 2.24) is 0 Å². The second kappa shape index (κ2) is 6.55. The molecule has 5 nitrogen and oxygen atoms in total. The van der Waals surface area contributed by atoms with Crippen molar-refractivity contribution in [3.05, 3.63) is 24.3 Å². The molecule has 7 heteroatoms. The Kier molecular flexibility index (Phi) is 5.36. The van der Waals surface area contributed by atoms with Crippen molar-refractivity contribution in [1.29, 1.82) is 0 Å². The number of nitrogens with one attached hydrogen (secondary N) is 1. The predicted molar refractivity (Wildman–Crippen MR) is 76.4 cm³/mol. The minimum absolute atomic E-state index is 0.0661. The lowest BCUT2D eigenvalue weighted by molar-refractivity contribution is 0.379. The van der Waals surface area contributed by atoms with Crippen molar-refractivity contribution in [2.75, 3.05) is 17.1 Å². The van der Waals surface area contributed by atoms with Gasteiger partial charge in [-0.05, 0) is 18.6 Å². The fraction of sp³-hybridized carbons (Fsp3) is 0.364. The van der Waals surface area contributed by atoms with Crippen LogP contribution in [-0.2, 0) is 10.0 Å². The molecule has 0 aliphatic heterocycles. The fourth-order valence-electron chi connectivity index (χ4n) is 1.31. The molecule has 1 aromatic rings. The first-order valence-electron chi connectivity index (χ1n) is 5.45. The standard InChI is InChI=1S/C11H16N2O3S2/c1-2-7-18(14,15)13-9-5-3-4-6-10(9)16-8-11(12)17/h3-6,13H,2,7-8H2,1H3,(H2,12,17). The van der Waals surface area contributed by atoms with Crippen LogP contribution in [0.2, 0.25) is 0 Å². The Morgan fingerprint density at radius 2 is 2.11 bits per heavy atom. The Bertz CT molecular complexity index is 515. The van der Waals surface area contributed by atoms with Gasteiger partial charge in [0.1, 0.15) is 17.3 Å². The van der Waals surface area contributed by atoms with E-state index in [0.29, 0.717) is 17.9 Å². The zero-order chi connectivity index (χ0) is 13.6. The highest BCUT2D eigenvalue weighted by Crippen LogP contribution is 2.24. The van der Waals surface area contributed by atoms with Gasteiger partial charge in [-0.25, -0.2) is 8.42 Å². The first-order valence-corrected chi connectivity index (χ1v) is 7.51. The monoisotopic (exact) mass is 288 g/mol. The number of para-hydroxylation sites is 2. The third kappa shape index (κ3) is 4.89. The van der Waals surface area contributed by atoms with E-state index in [4.69, 9.17) is 22.7 Å². The summed E-state index contributed by atoms with van der Waals surface area (Å²) in [5.74, 6) is 0.473. The average molecular weight is 288 g/mol. The quantitative estimate of drug-likeness (QED) is 0.743. The Labute approximate surface area is 112 Å². The summed E-state index contributed by atoms with van der Waals surface area (Å²) in [6, 6.07) is 6.74. The van der Waals surface area contributed by atoms with Crippen LogP contribution in [0.3, 0.4) is 0 Å². The van der Waals surface area contributed by atoms with Gasteiger partial charge in [0.2, 0.25) is 10.0 Å². The van der Waals surface area contributed by atoms with E-state index in [1.54, 1.807) is 31.2 Å². The van der Waals surface area contributed by atoms with Crippen LogP contribution in [0.25, 0.3) is 0 Å². The molecule has 0 fully saturated rings. The van der Waals surface area contributed by atoms with E-state index in [2.05, 4.69) is 4.72 Å². The SMILES string of the molecule is CCCS(=O)(=O)Nc1ccccc1OCC(N)=S. The first kappa shape index (κ1) is 14.7.